The molecule has 0 saturated carbocycles. The van der Waals surface area contributed by atoms with E-state index in [0.717, 1.165) is 5.57 Å². The van der Waals surface area contributed by atoms with Crippen LogP contribution < -0.4 is 0 Å². The Labute approximate surface area is 86.6 Å². The Morgan fingerprint density at radius 3 is 2.43 bits per heavy atom. The fourth-order valence-electron chi connectivity index (χ4n) is 0.906. The van der Waals surface area contributed by atoms with Gasteiger partial charge in [-0.1, -0.05) is 38.2 Å². The van der Waals surface area contributed by atoms with Crippen molar-refractivity contribution in [3.63, 3.8) is 0 Å². The predicted octanol–water partition coefficient (Wildman–Crippen LogP) is 2.95. The first-order valence-electron chi connectivity index (χ1n) is 4.90. The summed E-state index contributed by atoms with van der Waals surface area (Å²) in [5, 5.41) is 0. The van der Waals surface area contributed by atoms with Crippen LogP contribution in [0.5, 0.6) is 0 Å². The van der Waals surface area contributed by atoms with Crippen molar-refractivity contribution in [3.05, 3.63) is 24.3 Å². The van der Waals surface area contributed by atoms with Gasteiger partial charge in [0.1, 0.15) is 0 Å². The van der Waals surface area contributed by atoms with Crippen molar-refractivity contribution in [2.24, 2.45) is 11.8 Å². The summed E-state index contributed by atoms with van der Waals surface area (Å²) < 4.78 is 4.94. The fourth-order valence-corrected chi connectivity index (χ4v) is 0.906. The van der Waals surface area contributed by atoms with E-state index in [1.54, 1.807) is 0 Å². The molecule has 0 saturated heterocycles. The van der Waals surface area contributed by atoms with E-state index in [1.165, 1.54) is 6.92 Å². The number of carbonyl (C=O) groups is 1. The first kappa shape index (κ1) is 12.9. The first-order chi connectivity index (χ1) is 6.43. The van der Waals surface area contributed by atoms with E-state index < -0.39 is 0 Å². The lowest BCUT2D eigenvalue weighted by Gasteiger charge is -2.15. The van der Waals surface area contributed by atoms with Gasteiger partial charge in [-0.2, -0.15) is 0 Å². The highest BCUT2D eigenvalue weighted by Gasteiger charge is 2.10. The second kappa shape index (κ2) is 6.41. The van der Waals surface area contributed by atoms with Crippen molar-refractivity contribution in [3.8, 4) is 0 Å². The molecule has 0 bridgehead atoms. The summed E-state index contributed by atoms with van der Waals surface area (Å²) in [6.45, 7) is 11.8. The number of allylic oxidation sites excluding steroid dienone is 3. The van der Waals surface area contributed by atoms with E-state index in [0.29, 0.717) is 18.4 Å². The molecule has 2 heteroatoms. The number of hydrogen-bond acceptors (Lipinski definition) is 2. The first-order valence-corrected chi connectivity index (χ1v) is 4.90. The Morgan fingerprint density at radius 1 is 1.43 bits per heavy atom. The molecule has 80 valence electrons. The van der Waals surface area contributed by atoms with Crippen LogP contribution in [0.2, 0.25) is 0 Å². The van der Waals surface area contributed by atoms with Gasteiger partial charge < -0.3 is 4.74 Å². The summed E-state index contributed by atoms with van der Waals surface area (Å²) in [6.07, 6.45) is 4.09. The Hall–Kier alpha value is -1.05. The number of ether oxygens (including phenoxy) is 1. The van der Waals surface area contributed by atoms with Gasteiger partial charge in [0, 0.05) is 6.92 Å². The van der Waals surface area contributed by atoms with Crippen molar-refractivity contribution in [2.45, 2.75) is 27.7 Å². The minimum Gasteiger partial charge on any atom is -0.466 e. The lowest BCUT2D eigenvalue weighted by Crippen LogP contribution is -2.15. The zero-order valence-corrected chi connectivity index (χ0v) is 9.54. The lowest BCUT2D eigenvalue weighted by molar-refractivity contribution is -0.142. The second-order valence-corrected chi connectivity index (χ2v) is 3.84. The molecule has 2 nitrogen and oxygen atoms in total. The van der Waals surface area contributed by atoms with Crippen LogP contribution in [0.25, 0.3) is 0 Å². The van der Waals surface area contributed by atoms with Gasteiger partial charge in [-0.25, -0.2) is 0 Å². The summed E-state index contributed by atoms with van der Waals surface area (Å²) in [4.78, 5) is 10.6. The molecule has 0 spiro atoms. The molecule has 0 radical (unpaired) electrons. The summed E-state index contributed by atoms with van der Waals surface area (Å²) in [5.41, 5.74) is 1.04. The highest BCUT2D eigenvalue weighted by molar-refractivity contribution is 5.65. The summed E-state index contributed by atoms with van der Waals surface area (Å²) in [7, 11) is 0. The normalized spacial score (nSPS) is 15.1. The standard InChI is InChI=1S/C12H20O2/c1-9(2)6-7-10(3)11(4)8-14-12(5)13/h6-7,10-11H,1,8H2,2-5H3/b7-6+. The fraction of sp³-hybridized carbons (Fsp3) is 0.583. The number of esters is 1. The van der Waals surface area contributed by atoms with Gasteiger partial charge in [0.25, 0.3) is 0 Å². The highest BCUT2D eigenvalue weighted by Crippen LogP contribution is 2.13. The largest absolute Gasteiger partial charge is 0.466 e. The molecular formula is C12H20O2. The third-order valence-corrected chi connectivity index (χ3v) is 2.13. The van der Waals surface area contributed by atoms with Crippen molar-refractivity contribution >= 4 is 5.97 Å². The molecule has 0 aliphatic heterocycles. The van der Waals surface area contributed by atoms with Gasteiger partial charge in [-0.3, -0.25) is 4.79 Å². The molecule has 2 atom stereocenters. The Bertz CT molecular complexity index is 228. The van der Waals surface area contributed by atoms with E-state index in [2.05, 4.69) is 26.5 Å². The van der Waals surface area contributed by atoms with Gasteiger partial charge in [0.05, 0.1) is 6.61 Å². The Balaban J connectivity index is 3.92. The third-order valence-electron chi connectivity index (χ3n) is 2.13. The van der Waals surface area contributed by atoms with Crippen molar-refractivity contribution in [2.75, 3.05) is 6.61 Å². The van der Waals surface area contributed by atoms with Gasteiger partial charge in [-0.05, 0) is 18.8 Å². The SMILES string of the molecule is C=C(C)/C=C/C(C)C(C)COC(C)=O. The Kier molecular flexibility index (Phi) is 5.93. The molecule has 0 aromatic carbocycles. The number of rotatable bonds is 5. The van der Waals surface area contributed by atoms with Crippen LogP contribution in [-0.2, 0) is 9.53 Å². The maximum atomic E-state index is 10.6. The molecule has 0 aromatic rings. The summed E-state index contributed by atoms with van der Waals surface area (Å²) in [5.74, 6) is 0.522. The average Bonchev–Trinajstić information content (AvgIpc) is 2.09. The molecule has 0 fully saturated rings. The van der Waals surface area contributed by atoms with E-state index in [1.807, 2.05) is 13.0 Å². The molecule has 0 aliphatic carbocycles. The van der Waals surface area contributed by atoms with Crippen molar-refractivity contribution in [1.29, 1.82) is 0 Å². The molecule has 0 amide bonds. The molecule has 0 aromatic heterocycles. The van der Waals surface area contributed by atoms with Crippen LogP contribution in [0, 0.1) is 11.8 Å². The van der Waals surface area contributed by atoms with Crippen molar-refractivity contribution in [1.82, 2.24) is 0 Å². The van der Waals surface area contributed by atoms with E-state index in [4.69, 9.17) is 4.74 Å². The topological polar surface area (TPSA) is 26.3 Å². The molecule has 0 N–H and O–H groups in total. The second-order valence-electron chi connectivity index (χ2n) is 3.84. The van der Waals surface area contributed by atoms with E-state index >= 15 is 0 Å². The predicted molar refractivity (Wildman–Crippen MR) is 58.9 cm³/mol. The maximum absolute atomic E-state index is 10.6. The number of hydrogen-bond donors (Lipinski definition) is 0. The minimum absolute atomic E-state index is 0.215. The van der Waals surface area contributed by atoms with Crippen LogP contribution in [-0.4, -0.2) is 12.6 Å². The molecule has 0 aliphatic rings. The van der Waals surface area contributed by atoms with Crippen LogP contribution in [0.15, 0.2) is 24.3 Å². The smallest absolute Gasteiger partial charge is 0.302 e. The van der Waals surface area contributed by atoms with Gasteiger partial charge in [-0.15, -0.1) is 0 Å². The summed E-state index contributed by atoms with van der Waals surface area (Å²) in [6, 6.07) is 0. The Morgan fingerprint density at radius 2 is 2.00 bits per heavy atom. The van der Waals surface area contributed by atoms with Crippen LogP contribution >= 0.6 is 0 Å². The monoisotopic (exact) mass is 196 g/mol. The molecular weight excluding hydrogens is 176 g/mol. The van der Waals surface area contributed by atoms with Gasteiger partial charge in [0.15, 0.2) is 0 Å². The molecule has 0 rings (SSSR count). The molecule has 2 unspecified atom stereocenters. The average molecular weight is 196 g/mol. The zero-order chi connectivity index (χ0) is 11.1. The highest BCUT2D eigenvalue weighted by atomic mass is 16.5. The third kappa shape index (κ3) is 6.46. The van der Waals surface area contributed by atoms with Gasteiger partial charge in [0.2, 0.25) is 0 Å². The van der Waals surface area contributed by atoms with Gasteiger partial charge >= 0.3 is 5.97 Å². The van der Waals surface area contributed by atoms with Crippen molar-refractivity contribution < 1.29 is 9.53 Å². The maximum Gasteiger partial charge on any atom is 0.302 e. The van der Waals surface area contributed by atoms with Crippen LogP contribution in [0.3, 0.4) is 0 Å². The zero-order valence-electron chi connectivity index (χ0n) is 9.54. The lowest BCUT2D eigenvalue weighted by atomic mass is 9.96. The van der Waals surface area contributed by atoms with Crippen LogP contribution in [0.1, 0.15) is 27.7 Å². The van der Waals surface area contributed by atoms with Crippen LogP contribution in [0.4, 0.5) is 0 Å². The van der Waals surface area contributed by atoms with E-state index in [-0.39, 0.29) is 5.97 Å². The molecule has 0 heterocycles. The summed E-state index contributed by atoms with van der Waals surface area (Å²) >= 11 is 0. The minimum atomic E-state index is -0.215. The quantitative estimate of drug-likeness (QED) is 0.499. The number of carbonyl (C=O) groups excluding carboxylic acids is 1. The van der Waals surface area contributed by atoms with E-state index in [9.17, 15) is 4.79 Å². The molecule has 14 heavy (non-hydrogen) atoms.